The van der Waals surface area contributed by atoms with E-state index in [1.165, 1.54) is 91.5 Å². The number of nitrogens with two attached hydrogens (primary N) is 1. The fourth-order valence-electron chi connectivity index (χ4n) is 5.16. The van der Waals surface area contributed by atoms with Gasteiger partial charge in [0.05, 0.1) is 6.04 Å². The molecule has 2 aromatic carbocycles. The Bertz CT molecular complexity index is 783. The Hall–Kier alpha value is -1.80. The van der Waals surface area contributed by atoms with Crippen LogP contribution in [0.5, 0.6) is 0 Å². The quantitative estimate of drug-likeness (QED) is 0.802. The van der Waals surface area contributed by atoms with Crippen LogP contribution in [0.4, 0.5) is 5.69 Å². The van der Waals surface area contributed by atoms with Gasteiger partial charge in [0, 0.05) is 18.8 Å². The van der Waals surface area contributed by atoms with Crippen LogP contribution in [-0.4, -0.2) is 13.1 Å². The van der Waals surface area contributed by atoms with Crippen molar-refractivity contribution in [3.8, 4) is 11.1 Å². The molecular formula is C23H28N2. The predicted molar refractivity (Wildman–Crippen MR) is 105 cm³/mol. The second-order valence-corrected chi connectivity index (χ2v) is 8.13. The molecule has 25 heavy (non-hydrogen) atoms. The molecular weight excluding hydrogens is 304 g/mol. The molecule has 1 saturated carbocycles. The number of hydrogen-bond acceptors (Lipinski definition) is 2. The van der Waals surface area contributed by atoms with Gasteiger partial charge in [-0.05, 0) is 71.6 Å². The summed E-state index contributed by atoms with van der Waals surface area (Å²) < 4.78 is 0. The number of hydrogen-bond donors (Lipinski definition) is 1. The van der Waals surface area contributed by atoms with Crippen LogP contribution >= 0.6 is 0 Å². The van der Waals surface area contributed by atoms with Crippen molar-refractivity contribution in [1.82, 2.24) is 0 Å². The Morgan fingerprint density at radius 1 is 0.760 bits per heavy atom. The van der Waals surface area contributed by atoms with Crippen molar-refractivity contribution < 1.29 is 0 Å². The van der Waals surface area contributed by atoms with Crippen LogP contribution in [0, 0.1) is 0 Å². The normalized spacial score (nSPS) is 22.9. The van der Waals surface area contributed by atoms with Gasteiger partial charge >= 0.3 is 0 Å². The molecule has 2 aliphatic carbocycles. The molecule has 2 aromatic rings. The van der Waals surface area contributed by atoms with Gasteiger partial charge in [-0.25, -0.2) is 0 Å². The molecule has 1 saturated heterocycles. The van der Waals surface area contributed by atoms with Gasteiger partial charge in [0.25, 0.3) is 0 Å². The topological polar surface area (TPSA) is 29.3 Å². The maximum Gasteiger partial charge on any atom is 0.0564 e. The summed E-state index contributed by atoms with van der Waals surface area (Å²) >= 11 is 0. The average molecular weight is 332 g/mol. The van der Waals surface area contributed by atoms with E-state index in [1.807, 2.05) is 0 Å². The second kappa shape index (κ2) is 6.17. The zero-order valence-electron chi connectivity index (χ0n) is 15.0. The minimum atomic E-state index is 0.0427. The molecule has 0 amide bonds. The molecule has 0 aromatic heterocycles. The Kier molecular flexibility index (Phi) is 3.82. The van der Waals surface area contributed by atoms with Gasteiger partial charge in [-0.2, -0.15) is 0 Å². The number of benzene rings is 2. The number of rotatable bonds is 2. The maximum absolute atomic E-state index is 6.65. The molecule has 1 aliphatic heterocycles. The smallest absolute Gasteiger partial charge is 0.0564 e. The summed E-state index contributed by atoms with van der Waals surface area (Å²) in [6, 6.07) is 14.1. The van der Waals surface area contributed by atoms with Crippen LogP contribution in [-0.2, 0) is 0 Å². The first-order valence-electron chi connectivity index (χ1n) is 10.1. The molecule has 2 N–H and O–H groups in total. The largest absolute Gasteiger partial charge is 0.372 e. The SMILES string of the molecule is NC1c2ccc(N3CCCC3)cc2-c2ccc(C3CCCCC3)cc21. The molecule has 2 heteroatoms. The van der Waals surface area contributed by atoms with Gasteiger partial charge in [0.2, 0.25) is 0 Å². The van der Waals surface area contributed by atoms with E-state index in [4.69, 9.17) is 5.73 Å². The lowest BCUT2D eigenvalue weighted by Crippen LogP contribution is -2.17. The molecule has 5 rings (SSSR count). The third-order valence-corrected chi connectivity index (χ3v) is 6.62. The van der Waals surface area contributed by atoms with Crippen molar-refractivity contribution in [2.45, 2.75) is 56.9 Å². The van der Waals surface area contributed by atoms with Crippen LogP contribution in [0.25, 0.3) is 11.1 Å². The molecule has 1 heterocycles. The molecule has 1 unspecified atom stereocenters. The van der Waals surface area contributed by atoms with Crippen LogP contribution in [0.1, 0.15) is 73.6 Å². The van der Waals surface area contributed by atoms with E-state index in [1.54, 1.807) is 0 Å². The van der Waals surface area contributed by atoms with E-state index in [9.17, 15) is 0 Å². The van der Waals surface area contributed by atoms with Crippen LogP contribution in [0.15, 0.2) is 36.4 Å². The number of anilines is 1. The highest BCUT2D eigenvalue weighted by Gasteiger charge is 2.28. The Morgan fingerprint density at radius 2 is 1.56 bits per heavy atom. The lowest BCUT2D eigenvalue weighted by Gasteiger charge is -2.23. The molecule has 2 nitrogen and oxygen atoms in total. The Morgan fingerprint density at radius 3 is 2.36 bits per heavy atom. The van der Waals surface area contributed by atoms with Crippen molar-refractivity contribution >= 4 is 5.69 Å². The molecule has 2 fully saturated rings. The first kappa shape index (κ1) is 15.5. The third-order valence-electron chi connectivity index (χ3n) is 6.62. The van der Waals surface area contributed by atoms with Gasteiger partial charge < -0.3 is 10.6 Å². The van der Waals surface area contributed by atoms with E-state index in [2.05, 4.69) is 41.3 Å². The van der Waals surface area contributed by atoms with Crippen LogP contribution < -0.4 is 10.6 Å². The van der Waals surface area contributed by atoms with Gasteiger partial charge in [-0.3, -0.25) is 0 Å². The van der Waals surface area contributed by atoms with E-state index >= 15 is 0 Å². The zero-order chi connectivity index (χ0) is 16.8. The van der Waals surface area contributed by atoms with Gasteiger partial charge in [-0.1, -0.05) is 43.5 Å². The van der Waals surface area contributed by atoms with E-state index < -0.39 is 0 Å². The molecule has 1 atom stereocenters. The highest BCUT2D eigenvalue weighted by molar-refractivity contribution is 5.81. The van der Waals surface area contributed by atoms with E-state index in [-0.39, 0.29) is 6.04 Å². The monoisotopic (exact) mass is 332 g/mol. The Balaban J connectivity index is 1.52. The highest BCUT2D eigenvalue weighted by Crippen LogP contribution is 2.45. The van der Waals surface area contributed by atoms with Gasteiger partial charge in [0.15, 0.2) is 0 Å². The lowest BCUT2D eigenvalue weighted by atomic mass is 9.83. The standard InChI is InChI=1S/C23H28N2/c24-23-20-11-9-18(25-12-4-5-13-25)15-21(20)19-10-8-17(14-22(19)23)16-6-2-1-3-7-16/h8-11,14-16,23H,1-7,12-13,24H2. The summed E-state index contributed by atoms with van der Waals surface area (Å²) in [5.41, 5.74) is 14.9. The van der Waals surface area contributed by atoms with Crippen molar-refractivity contribution in [2.75, 3.05) is 18.0 Å². The second-order valence-electron chi connectivity index (χ2n) is 8.13. The van der Waals surface area contributed by atoms with Gasteiger partial charge in [-0.15, -0.1) is 0 Å². The summed E-state index contributed by atoms with van der Waals surface area (Å²) in [5, 5.41) is 0. The fourth-order valence-corrected chi connectivity index (χ4v) is 5.16. The maximum atomic E-state index is 6.65. The highest BCUT2D eigenvalue weighted by atomic mass is 15.1. The number of fused-ring (bicyclic) bond motifs is 3. The number of nitrogens with zero attached hydrogens (tertiary/aromatic N) is 1. The predicted octanol–water partition coefficient (Wildman–Crippen LogP) is 5.36. The van der Waals surface area contributed by atoms with E-state index in [0.29, 0.717) is 0 Å². The molecule has 130 valence electrons. The summed E-state index contributed by atoms with van der Waals surface area (Å²) in [4.78, 5) is 2.51. The molecule has 3 aliphatic rings. The third kappa shape index (κ3) is 2.58. The van der Waals surface area contributed by atoms with Crippen molar-refractivity contribution in [2.24, 2.45) is 5.73 Å². The average Bonchev–Trinajstić information content (AvgIpc) is 3.30. The van der Waals surface area contributed by atoms with Crippen LogP contribution in [0.3, 0.4) is 0 Å². The van der Waals surface area contributed by atoms with Crippen molar-refractivity contribution in [3.63, 3.8) is 0 Å². The van der Waals surface area contributed by atoms with Crippen molar-refractivity contribution in [1.29, 1.82) is 0 Å². The lowest BCUT2D eigenvalue weighted by molar-refractivity contribution is 0.443. The summed E-state index contributed by atoms with van der Waals surface area (Å²) in [6.45, 7) is 2.39. The van der Waals surface area contributed by atoms with Crippen molar-refractivity contribution in [3.05, 3.63) is 53.1 Å². The minimum absolute atomic E-state index is 0.0427. The minimum Gasteiger partial charge on any atom is -0.372 e. The first-order chi connectivity index (χ1) is 12.3. The summed E-state index contributed by atoms with van der Waals surface area (Å²) in [5.74, 6) is 0.745. The summed E-state index contributed by atoms with van der Waals surface area (Å²) in [6.07, 6.45) is 9.50. The zero-order valence-corrected chi connectivity index (χ0v) is 15.0. The summed E-state index contributed by atoms with van der Waals surface area (Å²) in [7, 11) is 0. The van der Waals surface area contributed by atoms with Crippen LogP contribution in [0.2, 0.25) is 0 Å². The fraction of sp³-hybridized carbons (Fsp3) is 0.478. The molecule has 0 radical (unpaired) electrons. The first-order valence-corrected chi connectivity index (χ1v) is 10.1. The van der Waals surface area contributed by atoms with Gasteiger partial charge in [0.1, 0.15) is 0 Å². The molecule has 0 spiro atoms. The molecule has 0 bridgehead atoms. The van der Waals surface area contributed by atoms with E-state index in [0.717, 1.165) is 5.92 Å². The Labute approximate surface area is 151 Å².